The molecule has 0 aliphatic rings. The largest absolute Gasteiger partial charge is 0.481 e. The second kappa shape index (κ2) is 4.45. The molecule has 2 N–H and O–H groups in total. The van der Waals surface area contributed by atoms with Gasteiger partial charge in [-0.05, 0) is 20.3 Å². The molecule has 0 saturated carbocycles. The first-order valence-electron chi connectivity index (χ1n) is 4.34. The Hall–Kier alpha value is -0.570. The van der Waals surface area contributed by atoms with Crippen LogP contribution in [0, 0.1) is 5.92 Å². The maximum atomic E-state index is 10.7. The van der Waals surface area contributed by atoms with Crippen molar-refractivity contribution in [3.8, 4) is 0 Å². The Kier molecular flexibility index (Phi) is 4.24. The summed E-state index contributed by atoms with van der Waals surface area (Å²) in [5.41, 5.74) is -1.11. The van der Waals surface area contributed by atoms with Crippen LogP contribution in [0.2, 0.25) is 0 Å². The molecule has 0 fully saturated rings. The van der Waals surface area contributed by atoms with E-state index in [1.54, 1.807) is 13.8 Å². The summed E-state index contributed by atoms with van der Waals surface area (Å²) >= 11 is 0. The van der Waals surface area contributed by atoms with Crippen LogP contribution >= 0.6 is 0 Å². The molecule has 0 saturated heterocycles. The number of carboxylic acids is 1. The summed E-state index contributed by atoms with van der Waals surface area (Å²) in [4.78, 5) is 10.7. The second-order valence-electron chi connectivity index (χ2n) is 3.69. The van der Waals surface area contributed by atoms with Crippen molar-refractivity contribution in [2.24, 2.45) is 5.92 Å². The van der Waals surface area contributed by atoms with Crippen LogP contribution < -0.4 is 0 Å². The van der Waals surface area contributed by atoms with E-state index in [4.69, 9.17) is 5.11 Å². The van der Waals surface area contributed by atoms with Gasteiger partial charge in [0, 0.05) is 0 Å². The van der Waals surface area contributed by atoms with E-state index in [0.717, 1.165) is 12.8 Å². The first-order chi connectivity index (χ1) is 5.39. The predicted molar refractivity (Wildman–Crippen MR) is 46.9 cm³/mol. The average Bonchev–Trinajstić information content (AvgIpc) is 1.84. The first-order valence-corrected chi connectivity index (χ1v) is 4.34. The normalized spacial score (nSPS) is 14.3. The molecule has 0 spiro atoms. The topological polar surface area (TPSA) is 57.5 Å². The van der Waals surface area contributed by atoms with Gasteiger partial charge in [0.15, 0.2) is 0 Å². The first kappa shape index (κ1) is 11.4. The van der Waals surface area contributed by atoms with E-state index in [2.05, 4.69) is 0 Å². The lowest BCUT2D eigenvalue weighted by molar-refractivity contribution is -0.150. The van der Waals surface area contributed by atoms with Crippen molar-refractivity contribution < 1.29 is 15.0 Å². The molecule has 0 aliphatic carbocycles. The summed E-state index contributed by atoms with van der Waals surface area (Å²) < 4.78 is 0. The quantitative estimate of drug-likeness (QED) is 0.666. The fourth-order valence-corrected chi connectivity index (χ4v) is 1.19. The highest BCUT2D eigenvalue weighted by molar-refractivity contribution is 5.71. The standard InChI is InChI=1S/C9H18O3/c1-4-5-6-7(8(10)11)9(2,3)12/h7,12H,4-6H2,1-3H3,(H,10,11). The van der Waals surface area contributed by atoms with Gasteiger partial charge in [-0.3, -0.25) is 4.79 Å². The van der Waals surface area contributed by atoms with Gasteiger partial charge in [0.05, 0.1) is 11.5 Å². The van der Waals surface area contributed by atoms with E-state index in [1.807, 2.05) is 6.92 Å². The zero-order valence-corrected chi connectivity index (χ0v) is 8.00. The van der Waals surface area contributed by atoms with Crippen molar-refractivity contribution in [3.05, 3.63) is 0 Å². The minimum atomic E-state index is -1.11. The van der Waals surface area contributed by atoms with E-state index in [0.29, 0.717) is 6.42 Å². The molecule has 0 aromatic rings. The van der Waals surface area contributed by atoms with Crippen LogP contribution in [0.5, 0.6) is 0 Å². The number of rotatable bonds is 5. The van der Waals surface area contributed by atoms with E-state index < -0.39 is 17.5 Å². The Morgan fingerprint density at radius 2 is 2.00 bits per heavy atom. The highest BCUT2D eigenvalue weighted by Crippen LogP contribution is 2.22. The van der Waals surface area contributed by atoms with Gasteiger partial charge in [-0.25, -0.2) is 0 Å². The van der Waals surface area contributed by atoms with E-state index in [1.165, 1.54) is 0 Å². The molecule has 0 aliphatic heterocycles. The Labute approximate surface area is 73.4 Å². The lowest BCUT2D eigenvalue weighted by Crippen LogP contribution is -2.36. The van der Waals surface area contributed by atoms with Crippen molar-refractivity contribution in [3.63, 3.8) is 0 Å². The third-order valence-electron chi connectivity index (χ3n) is 2.00. The molecule has 0 aromatic heterocycles. The summed E-state index contributed by atoms with van der Waals surface area (Å²) in [6.45, 7) is 5.09. The van der Waals surface area contributed by atoms with Crippen molar-refractivity contribution >= 4 is 5.97 Å². The van der Waals surface area contributed by atoms with E-state index in [9.17, 15) is 9.90 Å². The molecule has 0 bridgehead atoms. The maximum Gasteiger partial charge on any atom is 0.309 e. The molecular weight excluding hydrogens is 156 g/mol. The Morgan fingerprint density at radius 3 is 2.25 bits per heavy atom. The third kappa shape index (κ3) is 3.72. The van der Waals surface area contributed by atoms with Gasteiger partial charge in [0.2, 0.25) is 0 Å². The second-order valence-corrected chi connectivity index (χ2v) is 3.69. The SMILES string of the molecule is CCCCC(C(=O)O)C(C)(C)O. The number of unbranched alkanes of at least 4 members (excludes halogenated alkanes) is 1. The van der Waals surface area contributed by atoms with Gasteiger partial charge in [-0.15, -0.1) is 0 Å². The van der Waals surface area contributed by atoms with Gasteiger partial charge in [-0.2, -0.15) is 0 Å². The maximum absolute atomic E-state index is 10.7. The Bertz CT molecular complexity index is 146. The molecule has 1 unspecified atom stereocenters. The Balaban J connectivity index is 4.15. The van der Waals surface area contributed by atoms with Crippen molar-refractivity contribution in [1.82, 2.24) is 0 Å². The molecule has 0 aromatic carbocycles. The molecular formula is C9H18O3. The summed E-state index contributed by atoms with van der Waals surface area (Å²) in [6.07, 6.45) is 2.36. The van der Waals surface area contributed by atoms with Crippen LogP contribution in [0.4, 0.5) is 0 Å². The number of aliphatic hydroxyl groups is 1. The highest BCUT2D eigenvalue weighted by Gasteiger charge is 2.32. The zero-order valence-electron chi connectivity index (χ0n) is 8.00. The van der Waals surface area contributed by atoms with Crippen LogP contribution in [0.15, 0.2) is 0 Å². The molecule has 0 radical (unpaired) electrons. The average molecular weight is 174 g/mol. The van der Waals surface area contributed by atoms with Crippen molar-refractivity contribution in [2.45, 2.75) is 45.6 Å². The summed E-state index contributed by atoms with van der Waals surface area (Å²) in [5, 5.41) is 18.3. The number of aliphatic carboxylic acids is 1. The highest BCUT2D eigenvalue weighted by atomic mass is 16.4. The Morgan fingerprint density at radius 1 is 1.50 bits per heavy atom. The van der Waals surface area contributed by atoms with Gasteiger partial charge in [0.1, 0.15) is 0 Å². The fourth-order valence-electron chi connectivity index (χ4n) is 1.19. The molecule has 0 heterocycles. The van der Waals surface area contributed by atoms with Crippen LogP contribution in [0.25, 0.3) is 0 Å². The number of carbonyl (C=O) groups is 1. The number of carboxylic acid groups (broad SMARTS) is 1. The fraction of sp³-hybridized carbons (Fsp3) is 0.889. The summed E-state index contributed by atoms with van der Waals surface area (Å²) in [7, 11) is 0. The van der Waals surface area contributed by atoms with Crippen molar-refractivity contribution in [2.75, 3.05) is 0 Å². The van der Waals surface area contributed by atoms with Gasteiger partial charge < -0.3 is 10.2 Å². The molecule has 1 atom stereocenters. The van der Waals surface area contributed by atoms with Crippen LogP contribution in [-0.4, -0.2) is 21.8 Å². The number of hydrogen-bond acceptors (Lipinski definition) is 2. The minimum absolute atomic E-state index is 0.551. The van der Waals surface area contributed by atoms with Gasteiger partial charge in [0.25, 0.3) is 0 Å². The number of hydrogen-bond donors (Lipinski definition) is 2. The van der Waals surface area contributed by atoms with Crippen LogP contribution in [0.1, 0.15) is 40.0 Å². The molecule has 12 heavy (non-hydrogen) atoms. The summed E-state index contributed by atoms with van der Waals surface area (Å²) in [5.74, 6) is -1.55. The lowest BCUT2D eigenvalue weighted by Gasteiger charge is -2.25. The lowest BCUT2D eigenvalue weighted by atomic mass is 9.87. The predicted octanol–water partition coefficient (Wildman–Crippen LogP) is 1.65. The van der Waals surface area contributed by atoms with Gasteiger partial charge in [-0.1, -0.05) is 19.8 Å². The summed E-state index contributed by atoms with van der Waals surface area (Å²) in [6, 6.07) is 0. The molecule has 72 valence electrons. The minimum Gasteiger partial charge on any atom is -0.481 e. The molecule has 0 rings (SSSR count). The smallest absolute Gasteiger partial charge is 0.309 e. The zero-order chi connectivity index (χ0) is 9.78. The van der Waals surface area contributed by atoms with Crippen LogP contribution in [-0.2, 0) is 4.79 Å². The van der Waals surface area contributed by atoms with Gasteiger partial charge >= 0.3 is 5.97 Å². The monoisotopic (exact) mass is 174 g/mol. The van der Waals surface area contributed by atoms with E-state index in [-0.39, 0.29) is 0 Å². The van der Waals surface area contributed by atoms with E-state index >= 15 is 0 Å². The third-order valence-corrected chi connectivity index (χ3v) is 2.00. The van der Waals surface area contributed by atoms with Crippen LogP contribution in [0.3, 0.4) is 0 Å². The molecule has 0 amide bonds. The van der Waals surface area contributed by atoms with Crippen molar-refractivity contribution in [1.29, 1.82) is 0 Å². The molecule has 3 nitrogen and oxygen atoms in total. The molecule has 3 heteroatoms.